The number of rotatable bonds is 1. The van der Waals surface area contributed by atoms with Crippen LogP contribution in [0, 0.1) is 10.1 Å². The number of hydrogen-bond acceptors (Lipinski definition) is 4. The molecular formula is C8H13N3O2. The van der Waals surface area contributed by atoms with Crippen molar-refractivity contribution < 1.29 is 4.92 Å². The summed E-state index contributed by atoms with van der Waals surface area (Å²) >= 11 is 0. The van der Waals surface area contributed by atoms with Crippen molar-refractivity contribution in [1.82, 2.24) is 0 Å². The van der Waals surface area contributed by atoms with E-state index in [9.17, 15) is 10.1 Å². The van der Waals surface area contributed by atoms with Crippen LogP contribution in [0.15, 0.2) is 18.2 Å². The Balaban J connectivity index is 0.000000671. The first-order valence-corrected chi connectivity index (χ1v) is 3.90. The van der Waals surface area contributed by atoms with Crippen LogP contribution in [0.1, 0.15) is 13.8 Å². The zero-order chi connectivity index (χ0) is 10.4. The minimum atomic E-state index is -0.564. The standard InChI is InChI=1S/C6H7N3O2.C2H6/c7-4-1-2-5(8)6(3-4)9(10)11;1-2/h1-3H,7-8H2;1-2H3. The van der Waals surface area contributed by atoms with E-state index in [1.54, 1.807) is 0 Å². The van der Waals surface area contributed by atoms with E-state index in [0.29, 0.717) is 5.69 Å². The summed E-state index contributed by atoms with van der Waals surface area (Å²) in [7, 11) is 0. The average molecular weight is 183 g/mol. The van der Waals surface area contributed by atoms with Crippen molar-refractivity contribution in [3.8, 4) is 0 Å². The van der Waals surface area contributed by atoms with Crippen LogP contribution in [0.3, 0.4) is 0 Å². The summed E-state index contributed by atoms with van der Waals surface area (Å²) < 4.78 is 0. The van der Waals surface area contributed by atoms with E-state index in [1.165, 1.54) is 18.2 Å². The molecule has 0 aliphatic heterocycles. The first kappa shape index (κ1) is 11.2. The summed E-state index contributed by atoms with van der Waals surface area (Å²) in [5, 5.41) is 10.2. The number of nitrogen functional groups attached to an aromatic ring is 2. The molecule has 1 rings (SSSR count). The minimum absolute atomic E-state index is 0.129. The number of nitrogens with zero attached hydrogens (tertiary/aromatic N) is 1. The van der Waals surface area contributed by atoms with Gasteiger partial charge in [0.1, 0.15) is 5.69 Å². The lowest BCUT2D eigenvalue weighted by Gasteiger charge is -1.96. The van der Waals surface area contributed by atoms with Crippen molar-refractivity contribution in [2.75, 3.05) is 11.5 Å². The van der Waals surface area contributed by atoms with Gasteiger partial charge in [-0.1, -0.05) is 13.8 Å². The number of nitro groups is 1. The minimum Gasteiger partial charge on any atom is -0.399 e. The quantitative estimate of drug-likeness (QED) is 0.394. The van der Waals surface area contributed by atoms with Gasteiger partial charge in [-0.3, -0.25) is 10.1 Å². The largest absolute Gasteiger partial charge is 0.399 e. The van der Waals surface area contributed by atoms with E-state index in [-0.39, 0.29) is 11.4 Å². The van der Waals surface area contributed by atoms with Gasteiger partial charge in [-0.25, -0.2) is 0 Å². The van der Waals surface area contributed by atoms with E-state index in [2.05, 4.69) is 0 Å². The van der Waals surface area contributed by atoms with Gasteiger partial charge < -0.3 is 11.5 Å². The van der Waals surface area contributed by atoms with Gasteiger partial charge in [0.25, 0.3) is 5.69 Å². The molecule has 5 heteroatoms. The van der Waals surface area contributed by atoms with Gasteiger partial charge >= 0.3 is 0 Å². The van der Waals surface area contributed by atoms with Gasteiger partial charge in [-0.15, -0.1) is 0 Å². The monoisotopic (exact) mass is 183 g/mol. The molecule has 1 aromatic carbocycles. The number of nitrogens with two attached hydrogens (primary N) is 2. The molecule has 0 saturated carbocycles. The fraction of sp³-hybridized carbons (Fsp3) is 0.250. The third kappa shape index (κ3) is 2.98. The first-order valence-electron chi connectivity index (χ1n) is 3.90. The molecule has 0 fully saturated rings. The fourth-order valence-corrected chi connectivity index (χ4v) is 0.719. The van der Waals surface area contributed by atoms with E-state index in [1.807, 2.05) is 13.8 Å². The van der Waals surface area contributed by atoms with Gasteiger partial charge in [0.15, 0.2) is 0 Å². The van der Waals surface area contributed by atoms with Crippen LogP contribution in [-0.4, -0.2) is 4.92 Å². The van der Waals surface area contributed by atoms with Crippen LogP contribution in [0.5, 0.6) is 0 Å². The highest BCUT2D eigenvalue weighted by molar-refractivity contribution is 5.63. The molecule has 0 heterocycles. The molecule has 13 heavy (non-hydrogen) atoms. The number of anilines is 2. The molecule has 0 bridgehead atoms. The van der Waals surface area contributed by atoms with Gasteiger partial charge in [-0.05, 0) is 12.1 Å². The molecule has 1 aromatic rings. The maximum atomic E-state index is 10.2. The Bertz CT molecular complexity index is 299. The Morgan fingerprint density at radius 2 is 1.85 bits per heavy atom. The third-order valence-corrected chi connectivity index (χ3v) is 1.25. The van der Waals surface area contributed by atoms with Gasteiger partial charge in [0.05, 0.1) is 4.92 Å². The molecule has 5 nitrogen and oxygen atoms in total. The molecule has 72 valence electrons. The zero-order valence-electron chi connectivity index (χ0n) is 7.65. The van der Waals surface area contributed by atoms with E-state index in [0.717, 1.165) is 0 Å². The number of benzene rings is 1. The van der Waals surface area contributed by atoms with Crippen molar-refractivity contribution in [2.24, 2.45) is 0 Å². The normalized spacial score (nSPS) is 8.46. The van der Waals surface area contributed by atoms with Crippen LogP contribution < -0.4 is 11.5 Å². The SMILES string of the molecule is CC.Nc1ccc(N)c([N+](=O)[O-])c1. The smallest absolute Gasteiger partial charge is 0.294 e. The zero-order valence-corrected chi connectivity index (χ0v) is 7.65. The van der Waals surface area contributed by atoms with Crippen molar-refractivity contribution in [2.45, 2.75) is 13.8 Å². The number of hydrogen-bond donors (Lipinski definition) is 2. The Labute approximate surface area is 76.5 Å². The second-order valence-corrected chi connectivity index (χ2v) is 2.08. The van der Waals surface area contributed by atoms with Crippen LogP contribution in [0.25, 0.3) is 0 Å². The Kier molecular flexibility index (Phi) is 4.29. The summed E-state index contributed by atoms with van der Waals surface area (Å²) in [4.78, 5) is 9.68. The fourth-order valence-electron chi connectivity index (χ4n) is 0.719. The van der Waals surface area contributed by atoms with E-state index >= 15 is 0 Å². The summed E-state index contributed by atoms with van der Waals surface area (Å²) in [6.45, 7) is 4.00. The summed E-state index contributed by atoms with van der Waals surface area (Å²) in [5.74, 6) is 0. The maximum Gasteiger partial charge on any atom is 0.294 e. The molecule has 0 aliphatic rings. The summed E-state index contributed by atoms with van der Waals surface area (Å²) in [6.07, 6.45) is 0. The van der Waals surface area contributed by atoms with Crippen molar-refractivity contribution in [3.05, 3.63) is 28.3 Å². The van der Waals surface area contributed by atoms with Crippen molar-refractivity contribution in [3.63, 3.8) is 0 Å². The molecule has 0 radical (unpaired) electrons. The Morgan fingerprint density at radius 3 is 2.23 bits per heavy atom. The molecule has 0 amide bonds. The Morgan fingerprint density at radius 1 is 1.31 bits per heavy atom. The van der Waals surface area contributed by atoms with E-state index in [4.69, 9.17) is 11.5 Å². The van der Waals surface area contributed by atoms with Crippen LogP contribution in [0.4, 0.5) is 17.1 Å². The predicted octanol–water partition coefficient (Wildman–Crippen LogP) is 1.79. The highest BCUT2D eigenvalue weighted by Gasteiger charge is 2.09. The molecule has 0 atom stereocenters. The van der Waals surface area contributed by atoms with Gasteiger partial charge in [0.2, 0.25) is 0 Å². The molecular weight excluding hydrogens is 170 g/mol. The second kappa shape index (κ2) is 4.97. The topological polar surface area (TPSA) is 95.2 Å². The molecule has 0 saturated heterocycles. The average Bonchev–Trinajstić information content (AvgIpc) is 2.12. The molecule has 0 unspecified atom stereocenters. The highest BCUT2D eigenvalue weighted by Crippen LogP contribution is 2.22. The van der Waals surface area contributed by atoms with Crippen LogP contribution >= 0.6 is 0 Å². The Hall–Kier alpha value is -1.78. The lowest BCUT2D eigenvalue weighted by atomic mass is 10.2. The van der Waals surface area contributed by atoms with Gasteiger partial charge in [-0.2, -0.15) is 0 Å². The van der Waals surface area contributed by atoms with Crippen molar-refractivity contribution in [1.29, 1.82) is 0 Å². The van der Waals surface area contributed by atoms with Gasteiger partial charge in [0, 0.05) is 11.8 Å². The van der Waals surface area contributed by atoms with E-state index < -0.39 is 4.92 Å². The maximum absolute atomic E-state index is 10.2. The lowest BCUT2D eigenvalue weighted by Crippen LogP contribution is -1.96. The molecule has 0 aliphatic carbocycles. The highest BCUT2D eigenvalue weighted by atomic mass is 16.6. The van der Waals surface area contributed by atoms with Crippen molar-refractivity contribution >= 4 is 17.1 Å². The van der Waals surface area contributed by atoms with Crippen LogP contribution in [-0.2, 0) is 0 Å². The first-order chi connectivity index (χ1) is 6.11. The summed E-state index contributed by atoms with van der Waals surface area (Å²) in [6, 6.07) is 4.16. The summed E-state index contributed by atoms with van der Waals surface area (Å²) in [5.41, 5.74) is 10.9. The second-order valence-electron chi connectivity index (χ2n) is 2.08. The third-order valence-electron chi connectivity index (χ3n) is 1.25. The molecule has 4 N–H and O–H groups in total. The lowest BCUT2D eigenvalue weighted by molar-refractivity contribution is -0.383. The molecule has 0 spiro atoms. The number of nitro benzene ring substituents is 1. The van der Waals surface area contributed by atoms with Crippen LogP contribution in [0.2, 0.25) is 0 Å². The predicted molar refractivity (Wildman–Crippen MR) is 53.3 cm³/mol. The molecule has 0 aromatic heterocycles.